The van der Waals surface area contributed by atoms with Crippen molar-refractivity contribution in [1.29, 1.82) is 0 Å². The molecule has 1 aromatic carbocycles. The van der Waals surface area contributed by atoms with Gasteiger partial charge < -0.3 is 10.5 Å². The molecule has 0 bridgehead atoms. The van der Waals surface area contributed by atoms with E-state index in [1.807, 2.05) is 0 Å². The standard InChI is InChI=1S/C12H14ClF2NO2.ClH/c1-3-18-12(17)10(15)11(16)8-7(14)5-4-6(2)9(8)13;/h4-5,10-11H,3,16H2,1-2H3;1H/t10?,11-;/m1./s1. The number of carbonyl (C=O) groups excluding carboxylic acids is 1. The summed E-state index contributed by atoms with van der Waals surface area (Å²) in [4.78, 5) is 11.2. The SMILES string of the molecule is CCOC(=O)C(F)[C@H](N)c1c(F)ccc(C)c1Cl.Cl. The molecule has 3 nitrogen and oxygen atoms in total. The minimum atomic E-state index is -2.15. The number of hydrogen-bond donors (Lipinski definition) is 1. The zero-order chi connectivity index (χ0) is 13.9. The van der Waals surface area contributed by atoms with Crippen molar-refractivity contribution in [3.05, 3.63) is 34.1 Å². The molecule has 0 spiro atoms. The van der Waals surface area contributed by atoms with Gasteiger partial charge in [-0.05, 0) is 25.5 Å². The van der Waals surface area contributed by atoms with E-state index in [1.165, 1.54) is 13.0 Å². The van der Waals surface area contributed by atoms with Gasteiger partial charge in [-0.15, -0.1) is 12.4 Å². The summed E-state index contributed by atoms with van der Waals surface area (Å²) >= 11 is 5.88. The van der Waals surface area contributed by atoms with Gasteiger partial charge in [-0.25, -0.2) is 13.6 Å². The molecule has 7 heteroatoms. The summed E-state index contributed by atoms with van der Waals surface area (Å²) in [5.41, 5.74) is 5.88. The second kappa shape index (κ2) is 7.62. The van der Waals surface area contributed by atoms with Gasteiger partial charge in [-0.2, -0.15) is 0 Å². The Morgan fingerprint density at radius 2 is 2.11 bits per heavy atom. The maximum Gasteiger partial charge on any atom is 0.342 e. The van der Waals surface area contributed by atoms with Crippen molar-refractivity contribution in [2.75, 3.05) is 6.61 Å². The van der Waals surface area contributed by atoms with E-state index in [-0.39, 0.29) is 29.6 Å². The van der Waals surface area contributed by atoms with Gasteiger partial charge >= 0.3 is 5.97 Å². The van der Waals surface area contributed by atoms with Crippen molar-refractivity contribution < 1.29 is 18.3 Å². The van der Waals surface area contributed by atoms with Crippen molar-refractivity contribution in [2.45, 2.75) is 26.1 Å². The molecule has 108 valence electrons. The molecule has 0 radical (unpaired) electrons. The highest BCUT2D eigenvalue weighted by molar-refractivity contribution is 6.32. The van der Waals surface area contributed by atoms with E-state index in [9.17, 15) is 13.6 Å². The van der Waals surface area contributed by atoms with Gasteiger partial charge in [-0.3, -0.25) is 0 Å². The summed E-state index contributed by atoms with van der Waals surface area (Å²) in [5.74, 6) is -1.87. The smallest absolute Gasteiger partial charge is 0.342 e. The predicted octanol–water partition coefficient (Wildman–Crippen LogP) is 3.11. The Morgan fingerprint density at radius 3 is 2.63 bits per heavy atom. The van der Waals surface area contributed by atoms with Crippen LogP contribution in [0.5, 0.6) is 0 Å². The van der Waals surface area contributed by atoms with E-state index in [0.29, 0.717) is 5.56 Å². The van der Waals surface area contributed by atoms with Gasteiger partial charge in [0.2, 0.25) is 6.17 Å². The summed E-state index contributed by atoms with van der Waals surface area (Å²) < 4.78 is 31.8. The Bertz CT molecular complexity index is 458. The maximum absolute atomic E-state index is 13.7. The third-order valence-corrected chi connectivity index (χ3v) is 2.98. The minimum absolute atomic E-state index is 0. The molecule has 0 aliphatic rings. The molecular weight excluding hydrogens is 299 g/mol. The molecule has 1 aromatic rings. The van der Waals surface area contributed by atoms with Gasteiger partial charge in [0.05, 0.1) is 17.7 Å². The fraction of sp³-hybridized carbons (Fsp3) is 0.417. The van der Waals surface area contributed by atoms with Gasteiger partial charge in [-0.1, -0.05) is 17.7 Å². The van der Waals surface area contributed by atoms with Crippen LogP contribution in [0.4, 0.5) is 8.78 Å². The number of ether oxygens (including phenoxy) is 1. The van der Waals surface area contributed by atoms with Crippen LogP contribution in [0.3, 0.4) is 0 Å². The lowest BCUT2D eigenvalue weighted by Gasteiger charge is -2.18. The molecule has 0 heterocycles. The highest BCUT2D eigenvalue weighted by Gasteiger charge is 2.31. The first-order valence-electron chi connectivity index (χ1n) is 5.40. The summed E-state index contributed by atoms with van der Waals surface area (Å²) in [6.07, 6.45) is -2.15. The van der Waals surface area contributed by atoms with Gasteiger partial charge in [0, 0.05) is 5.56 Å². The number of esters is 1. The molecule has 1 unspecified atom stereocenters. The van der Waals surface area contributed by atoms with Crippen LogP contribution in [0, 0.1) is 12.7 Å². The molecule has 0 aliphatic carbocycles. The fourth-order valence-electron chi connectivity index (χ4n) is 1.50. The van der Waals surface area contributed by atoms with Gasteiger partial charge in [0.25, 0.3) is 0 Å². The van der Waals surface area contributed by atoms with Crippen LogP contribution < -0.4 is 5.73 Å². The number of nitrogens with two attached hydrogens (primary N) is 1. The van der Waals surface area contributed by atoms with Crippen LogP contribution in [0.2, 0.25) is 5.02 Å². The van der Waals surface area contributed by atoms with E-state index >= 15 is 0 Å². The molecular formula is C12H15Cl2F2NO2. The third kappa shape index (κ3) is 4.03. The zero-order valence-corrected chi connectivity index (χ0v) is 12.0. The highest BCUT2D eigenvalue weighted by atomic mass is 35.5. The molecule has 0 aliphatic heterocycles. The van der Waals surface area contributed by atoms with Crippen LogP contribution in [-0.4, -0.2) is 18.7 Å². The number of benzene rings is 1. The molecule has 2 N–H and O–H groups in total. The summed E-state index contributed by atoms with van der Waals surface area (Å²) in [6, 6.07) is 1.09. The summed E-state index contributed by atoms with van der Waals surface area (Å²) in [7, 11) is 0. The molecule has 2 atom stereocenters. The molecule has 0 saturated carbocycles. The fourth-order valence-corrected chi connectivity index (χ4v) is 1.78. The Hall–Kier alpha value is -0.910. The lowest BCUT2D eigenvalue weighted by molar-refractivity contribution is -0.149. The van der Waals surface area contributed by atoms with E-state index in [0.717, 1.165) is 6.07 Å². The lowest BCUT2D eigenvalue weighted by Crippen LogP contribution is -2.32. The van der Waals surface area contributed by atoms with Gasteiger partial charge in [0.15, 0.2) is 0 Å². The third-order valence-electron chi connectivity index (χ3n) is 2.48. The Kier molecular flexibility index (Phi) is 7.26. The second-order valence-electron chi connectivity index (χ2n) is 3.77. The first kappa shape index (κ1) is 18.1. The van der Waals surface area contributed by atoms with Gasteiger partial charge in [0.1, 0.15) is 5.82 Å². The van der Waals surface area contributed by atoms with E-state index in [4.69, 9.17) is 17.3 Å². The van der Waals surface area contributed by atoms with Crippen molar-refractivity contribution >= 4 is 30.0 Å². The number of hydrogen-bond acceptors (Lipinski definition) is 3. The quantitative estimate of drug-likeness (QED) is 0.869. The summed E-state index contributed by atoms with van der Waals surface area (Å²) in [5, 5.41) is 0.0226. The number of halogens is 4. The maximum atomic E-state index is 13.7. The minimum Gasteiger partial charge on any atom is -0.464 e. The first-order valence-corrected chi connectivity index (χ1v) is 5.78. The molecule has 0 amide bonds. The van der Waals surface area contributed by atoms with E-state index in [1.54, 1.807) is 6.92 Å². The monoisotopic (exact) mass is 313 g/mol. The normalized spacial score (nSPS) is 13.4. The predicted molar refractivity (Wildman–Crippen MR) is 71.9 cm³/mol. The van der Waals surface area contributed by atoms with Crippen molar-refractivity contribution in [3.63, 3.8) is 0 Å². The molecule has 0 saturated heterocycles. The molecule has 1 rings (SSSR count). The van der Waals surface area contributed by atoms with Crippen molar-refractivity contribution in [1.82, 2.24) is 0 Å². The number of rotatable bonds is 4. The summed E-state index contributed by atoms with van der Waals surface area (Å²) in [6.45, 7) is 3.20. The molecule has 0 fully saturated rings. The van der Waals surface area contributed by atoms with Crippen LogP contribution >= 0.6 is 24.0 Å². The van der Waals surface area contributed by atoms with E-state index < -0.39 is 24.0 Å². The number of carbonyl (C=O) groups is 1. The van der Waals surface area contributed by atoms with Crippen molar-refractivity contribution in [3.8, 4) is 0 Å². The average Bonchev–Trinajstić information content (AvgIpc) is 2.33. The van der Waals surface area contributed by atoms with Crippen LogP contribution in [0.25, 0.3) is 0 Å². The zero-order valence-electron chi connectivity index (χ0n) is 10.5. The largest absolute Gasteiger partial charge is 0.464 e. The molecule has 0 aromatic heterocycles. The second-order valence-corrected chi connectivity index (χ2v) is 4.15. The van der Waals surface area contributed by atoms with E-state index in [2.05, 4.69) is 4.74 Å². The van der Waals surface area contributed by atoms with Crippen molar-refractivity contribution in [2.24, 2.45) is 5.73 Å². The Labute approximate surface area is 121 Å². The Balaban J connectivity index is 0.00000324. The number of aryl methyl sites for hydroxylation is 1. The Morgan fingerprint density at radius 1 is 1.53 bits per heavy atom. The highest BCUT2D eigenvalue weighted by Crippen LogP contribution is 2.30. The number of alkyl halides is 1. The van der Waals surface area contributed by atoms with Crippen LogP contribution in [0.1, 0.15) is 24.1 Å². The lowest BCUT2D eigenvalue weighted by atomic mass is 10.0. The topological polar surface area (TPSA) is 52.3 Å². The molecule has 19 heavy (non-hydrogen) atoms. The van der Waals surface area contributed by atoms with Crippen LogP contribution in [0.15, 0.2) is 12.1 Å². The average molecular weight is 314 g/mol. The first-order chi connectivity index (χ1) is 8.40. The van der Waals surface area contributed by atoms with Crippen LogP contribution in [-0.2, 0) is 9.53 Å².